The molecule has 6 nitrogen and oxygen atoms in total. The molecule has 2 aromatic carbocycles. The Labute approximate surface area is 166 Å². The van der Waals surface area contributed by atoms with Gasteiger partial charge in [-0.1, -0.05) is 48.0 Å². The molecule has 0 spiro atoms. The van der Waals surface area contributed by atoms with Crippen molar-refractivity contribution in [3.05, 3.63) is 83.1 Å². The quantitative estimate of drug-likeness (QED) is 0.636. The Morgan fingerprint density at radius 1 is 1.07 bits per heavy atom. The summed E-state index contributed by atoms with van der Waals surface area (Å²) < 4.78 is 5.62. The molecule has 1 heterocycles. The molecular weight excluding hydrogens is 384 g/mol. The molecule has 0 atom stereocenters. The molecule has 2 N–H and O–H groups in total. The van der Waals surface area contributed by atoms with Crippen LogP contribution in [0.5, 0.6) is 5.88 Å². The Balaban J connectivity index is 1.58. The largest absolute Gasteiger partial charge is 0.472 e. The number of thiocarbonyl (C=S) groups is 1. The van der Waals surface area contributed by atoms with Gasteiger partial charge in [-0.2, -0.15) is 4.98 Å². The van der Waals surface area contributed by atoms with E-state index in [1.165, 1.54) is 12.4 Å². The number of carbonyl (C=O) groups is 1. The van der Waals surface area contributed by atoms with Crippen molar-refractivity contribution in [2.24, 2.45) is 0 Å². The third-order valence-corrected chi connectivity index (χ3v) is 4.02. The van der Waals surface area contributed by atoms with Gasteiger partial charge in [0.15, 0.2) is 10.9 Å². The van der Waals surface area contributed by atoms with Crippen molar-refractivity contribution in [2.75, 3.05) is 5.32 Å². The van der Waals surface area contributed by atoms with Gasteiger partial charge in [-0.15, -0.1) is 0 Å². The summed E-state index contributed by atoms with van der Waals surface area (Å²) in [7, 11) is 0. The summed E-state index contributed by atoms with van der Waals surface area (Å²) in [5.41, 5.74) is 1.34. The fraction of sp³-hybridized carbons (Fsp3) is 0.0526. The van der Waals surface area contributed by atoms with E-state index in [-0.39, 0.29) is 17.6 Å². The van der Waals surface area contributed by atoms with Crippen molar-refractivity contribution in [1.29, 1.82) is 0 Å². The van der Waals surface area contributed by atoms with E-state index in [2.05, 4.69) is 20.6 Å². The van der Waals surface area contributed by atoms with Gasteiger partial charge in [-0.25, -0.2) is 0 Å². The second kappa shape index (κ2) is 9.07. The maximum Gasteiger partial charge on any atom is 0.257 e. The number of ether oxygens (including phenoxy) is 1. The van der Waals surface area contributed by atoms with Crippen LogP contribution in [0.2, 0.25) is 5.02 Å². The van der Waals surface area contributed by atoms with E-state index in [0.29, 0.717) is 22.3 Å². The van der Waals surface area contributed by atoms with E-state index < -0.39 is 0 Å². The lowest BCUT2D eigenvalue weighted by molar-refractivity contribution is 0.0977. The maximum atomic E-state index is 12.1. The molecule has 0 radical (unpaired) electrons. The van der Waals surface area contributed by atoms with Gasteiger partial charge in [0.1, 0.15) is 6.61 Å². The number of anilines is 1. The minimum absolute atomic E-state index is 0.112. The first kappa shape index (κ1) is 18.8. The van der Waals surface area contributed by atoms with E-state index in [9.17, 15) is 4.79 Å². The van der Waals surface area contributed by atoms with Gasteiger partial charge in [0, 0.05) is 16.1 Å². The molecule has 1 aromatic heterocycles. The average Bonchev–Trinajstić information content (AvgIpc) is 2.68. The molecule has 0 saturated heterocycles. The van der Waals surface area contributed by atoms with Gasteiger partial charge in [-0.05, 0) is 30.4 Å². The summed E-state index contributed by atoms with van der Waals surface area (Å²) >= 11 is 11.2. The fourth-order valence-corrected chi connectivity index (χ4v) is 2.54. The number of hydrogen-bond acceptors (Lipinski definition) is 5. The zero-order valence-electron chi connectivity index (χ0n) is 14.1. The number of halogens is 1. The zero-order chi connectivity index (χ0) is 19.1. The summed E-state index contributed by atoms with van der Waals surface area (Å²) in [6, 6.07) is 16.2. The van der Waals surface area contributed by atoms with Crippen molar-refractivity contribution in [3.63, 3.8) is 0 Å². The van der Waals surface area contributed by atoms with Crippen LogP contribution in [0.4, 0.5) is 5.82 Å². The topological polar surface area (TPSA) is 76.1 Å². The average molecular weight is 399 g/mol. The molecule has 3 aromatic rings. The number of rotatable bonds is 5. The highest BCUT2D eigenvalue weighted by molar-refractivity contribution is 7.80. The smallest absolute Gasteiger partial charge is 0.257 e. The lowest BCUT2D eigenvalue weighted by atomic mass is 10.2. The van der Waals surface area contributed by atoms with Crippen LogP contribution in [0.25, 0.3) is 0 Å². The van der Waals surface area contributed by atoms with Crippen LogP contribution in [-0.2, 0) is 6.61 Å². The summed E-state index contributed by atoms with van der Waals surface area (Å²) in [6.45, 7) is 0.257. The van der Waals surface area contributed by atoms with Crippen molar-refractivity contribution >= 4 is 40.7 Å². The number of nitrogens with one attached hydrogen (secondary N) is 2. The zero-order valence-corrected chi connectivity index (χ0v) is 15.6. The third kappa shape index (κ3) is 5.47. The van der Waals surface area contributed by atoms with Gasteiger partial charge < -0.3 is 10.1 Å². The molecule has 0 saturated carbocycles. The lowest BCUT2D eigenvalue weighted by Gasteiger charge is -2.10. The molecule has 136 valence electrons. The molecule has 3 rings (SSSR count). The van der Waals surface area contributed by atoms with Crippen molar-refractivity contribution in [1.82, 2.24) is 15.3 Å². The van der Waals surface area contributed by atoms with Crippen LogP contribution in [-0.4, -0.2) is 21.0 Å². The van der Waals surface area contributed by atoms with Gasteiger partial charge in [0.2, 0.25) is 5.88 Å². The Hall–Kier alpha value is -3.03. The molecule has 0 fully saturated rings. The maximum absolute atomic E-state index is 12.1. The molecule has 0 bridgehead atoms. The summed E-state index contributed by atoms with van der Waals surface area (Å²) in [4.78, 5) is 20.4. The molecule has 8 heteroatoms. The first-order valence-electron chi connectivity index (χ1n) is 7.97. The lowest BCUT2D eigenvalue weighted by Crippen LogP contribution is -2.34. The Kier molecular flexibility index (Phi) is 6.30. The minimum atomic E-state index is -0.313. The monoisotopic (exact) mass is 398 g/mol. The second-order valence-electron chi connectivity index (χ2n) is 5.40. The molecule has 0 aliphatic heterocycles. The van der Waals surface area contributed by atoms with Crippen LogP contribution in [0, 0.1) is 0 Å². The second-order valence-corrected chi connectivity index (χ2v) is 6.21. The van der Waals surface area contributed by atoms with E-state index in [1.54, 1.807) is 30.3 Å². The molecule has 0 unspecified atom stereocenters. The summed E-state index contributed by atoms with van der Waals surface area (Å²) in [5, 5.41) is 6.12. The van der Waals surface area contributed by atoms with Crippen molar-refractivity contribution in [2.45, 2.75) is 6.61 Å². The molecule has 0 aliphatic carbocycles. The highest BCUT2D eigenvalue weighted by Gasteiger charge is 2.09. The van der Waals surface area contributed by atoms with E-state index >= 15 is 0 Å². The van der Waals surface area contributed by atoms with Crippen LogP contribution in [0.3, 0.4) is 0 Å². The van der Waals surface area contributed by atoms with E-state index in [4.69, 9.17) is 28.6 Å². The van der Waals surface area contributed by atoms with Gasteiger partial charge in [0.25, 0.3) is 5.91 Å². The fourth-order valence-electron chi connectivity index (χ4n) is 2.16. The van der Waals surface area contributed by atoms with Gasteiger partial charge in [0.05, 0.1) is 12.4 Å². The molecule has 0 aliphatic rings. The number of nitrogens with zero attached hydrogens (tertiary/aromatic N) is 2. The van der Waals surface area contributed by atoms with Gasteiger partial charge in [-0.3, -0.25) is 15.1 Å². The van der Waals surface area contributed by atoms with E-state index in [0.717, 1.165) is 5.56 Å². The number of benzene rings is 2. The molecule has 27 heavy (non-hydrogen) atoms. The number of hydrogen-bond donors (Lipinski definition) is 2. The van der Waals surface area contributed by atoms with Gasteiger partial charge >= 0.3 is 0 Å². The van der Waals surface area contributed by atoms with Crippen molar-refractivity contribution < 1.29 is 9.53 Å². The first-order valence-corrected chi connectivity index (χ1v) is 8.76. The molecular formula is C19H15ClN4O2S. The van der Waals surface area contributed by atoms with Crippen molar-refractivity contribution in [3.8, 4) is 5.88 Å². The Bertz CT molecular complexity index is 953. The number of aromatic nitrogens is 2. The standard InChI is InChI=1S/C19H15ClN4O2S/c20-15-9-5-4-8-14(15)12-26-17-11-21-10-16(22-17)23-19(27)24-18(25)13-6-2-1-3-7-13/h1-11H,12H2,(H2,22,23,24,25,27). The van der Waals surface area contributed by atoms with Crippen LogP contribution in [0.1, 0.15) is 15.9 Å². The number of carbonyl (C=O) groups excluding carboxylic acids is 1. The first-order chi connectivity index (χ1) is 13.1. The van der Waals surface area contributed by atoms with Crippen LogP contribution in [0.15, 0.2) is 67.0 Å². The van der Waals surface area contributed by atoms with E-state index in [1.807, 2.05) is 24.3 Å². The summed E-state index contributed by atoms with van der Waals surface area (Å²) in [6.07, 6.45) is 2.96. The third-order valence-electron chi connectivity index (χ3n) is 3.45. The Morgan fingerprint density at radius 2 is 1.81 bits per heavy atom. The normalized spacial score (nSPS) is 10.1. The predicted molar refractivity (Wildman–Crippen MR) is 108 cm³/mol. The predicted octanol–water partition coefficient (Wildman–Crippen LogP) is 3.84. The highest BCUT2D eigenvalue weighted by atomic mass is 35.5. The SMILES string of the molecule is O=C(NC(=S)Nc1cncc(OCc2ccccc2Cl)n1)c1ccccc1. The molecule has 1 amide bonds. The van der Waals surface area contributed by atoms with Crippen LogP contribution >= 0.6 is 23.8 Å². The highest BCUT2D eigenvalue weighted by Crippen LogP contribution is 2.17. The summed E-state index contributed by atoms with van der Waals surface area (Å²) in [5.74, 6) is 0.342. The Morgan fingerprint density at radius 3 is 2.59 bits per heavy atom. The van der Waals surface area contributed by atoms with Crippen LogP contribution < -0.4 is 15.4 Å². The minimum Gasteiger partial charge on any atom is -0.472 e. The number of amides is 1.